The van der Waals surface area contributed by atoms with Gasteiger partial charge in [-0.05, 0) is 36.4 Å². The van der Waals surface area contributed by atoms with Crippen LogP contribution in [0.1, 0.15) is 0 Å². The van der Waals surface area contributed by atoms with Crippen LogP contribution in [0.15, 0.2) is 46.2 Å². The van der Waals surface area contributed by atoms with Gasteiger partial charge in [0.25, 0.3) is 0 Å². The van der Waals surface area contributed by atoms with Crippen LogP contribution in [0.4, 0.5) is 0 Å². The number of thioether (sulfide) groups is 2. The summed E-state index contributed by atoms with van der Waals surface area (Å²) in [6.45, 7) is 0.527. The molecule has 0 atom stereocenters. The first kappa shape index (κ1) is 19.1. The van der Waals surface area contributed by atoms with E-state index in [9.17, 15) is 15.0 Å². The molecule has 0 heterocycles. The fraction of sp³-hybridized carbons (Fsp3) is 0.188. The lowest BCUT2D eigenvalue weighted by molar-refractivity contribution is -0.118. The van der Waals surface area contributed by atoms with Gasteiger partial charge in [-0.3, -0.25) is 4.79 Å². The summed E-state index contributed by atoms with van der Waals surface area (Å²) in [4.78, 5) is 13.6. The van der Waals surface area contributed by atoms with Gasteiger partial charge in [-0.1, -0.05) is 23.2 Å². The maximum absolute atomic E-state index is 11.8. The van der Waals surface area contributed by atoms with Crippen molar-refractivity contribution < 1.29 is 15.0 Å². The number of hydrogen-bond acceptors (Lipinski definition) is 5. The third kappa shape index (κ3) is 6.02. The standard InChI is InChI=1S/C16H15Cl2NO3S2/c17-12-7-10(1-3-14(12)20)23-6-5-19-16(22)9-24-11-2-4-15(21)13(18)8-11/h1-4,7-8,20-21H,5-6,9H2,(H,19,22). The van der Waals surface area contributed by atoms with Crippen molar-refractivity contribution in [3.8, 4) is 11.5 Å². The van der Waals surface area contributed by atoms with E-state index in [0.29, 0.717) is 17.3 Å². The fourth-order valence-corrected chi connectivity index (χ4v) is 3.78. The maximum Gasteiger partial charge on any atom is 0.230 e. The number of carbonyl (C=O) groups is 1. The van der Waals surface area contributed by atoms with Crippen LogP contribution < -0.4 is 5.32 Å². The van der Waals surface area contributed by atoms with Crippen LogP contribution in [-0.4, -0.2) is 34.2 Å². The number of phenols is 2. The summed E-state index contributed by atoms with van der Waals surface area (Å²) in [6.07, 6.45) is 0. The van der Waals surface area contributed by atoms with Crippen LogP contribution in [-0.2, 0) is 4.79 Å². The number of benzene rings is 2. The van der Waals surface area contributed by atoms with Crippen LogP contribution in [0, 0.1) is 0 Å². The minimum Gasteiger partial charge on any atom is -0.506 e. The molecule has 3 N–H and O–H groups in total. The van der Waals surface area contributed by atoms with E-state index in [4.69, 9.17) is 23.2 Å². The molecule has 0 saturated carbocycles. The van der Waals surface area contributed by atoms with E-state index in [2.05, 4.69) is 5.32 Å². The van der Waals surface area contributed by atoms with Crippen molar-refractivity contribution in [2.24, 2.45) is 0 Å². The van der Waals surface area contributed by atoms with Crippen molar-refractivity contribution in [1.29, 1.82) is 0 Å². The molecule has 0 bridgehead atoms. The molecule has 0 aliphatic carbocycles. The van der Waals surface area contributed by atoms with E-state index in [1.165, 1.54) is 17.8 Å². The van der Waals surface area contributed by atoms with Gasteiger partial charge < -0.3 is 15.5 Å². The van der Waals surface area contributed by atoms with Crippen LogP contribution in [0.5, 0.6) is 11.5 Å². The summed E-state index contributed by atoms with van der Waals surface area (Å²) < 4.78 is 0. The molecule has 0 spiro atoms. The van der Waals surface area contributed by atoms with Gasteiger partial charge in [-0.2, -0.15) is 0 Å². The predicted molar refractivity (Wildman–Crippen MR) is 101 cm³/mol. The zero-order valence-corrected chi connectivity index (χ0v) is 15.6. The second kappa shape index (κ2) is 9.32. The van der Waals surface area contributed by atoms with E-state index in [-0.39, 0.29) is 28.2 Å². The molecule has 0 aromatic heterocycles. The molecule has 0 fully saturated rings. The number of carbonyl (C=O) groups excluding carboxylic acids is 1. The van der Waals surface area contributed by atoms with Gasteiger partial charge in [-0.15, -0.1) is 23.5 Å². The number of rotatable bonds is 7. The fourth-order valence-electron chi connectivity index (χ4n) is 1.71. The first-order valence-corrected chi connectivity index (χ1v) is 9.68. The highest BCUT2D eigenvalue weighted by Gasteiger charge is 2.05. The molecule has 4 nitrogen and oxygen atoms in total. The minimum absolute atomic E-state index is 0.0248. The summed E-state index contributed by atoms with van der Waals surface area (Å²) in [7, 11) is 0. The lowest BCUT2D eigenvalue weighted by Gasteiger charge is -2.06. The van der Waals surface area contributed by atoms with E-state index >= 15 is 0 Å². The highest BCUT2D eigenvalue weighted by Crippen LogP contribution is 2.29. The van der Waals surface area contributed by atoms with Crippen LogP contribution >= 0.6 is 46.7 Å². The predicted octanol–water partition coefficient (Wildman–Crippen LogP) is 4.41. The normalized spacial score (nSPS) is 10.6. The molecule has 2 aromatic rings. The molecule has 2 rings (SSSR count). The van der Waals surface area contributed by atoms with Crippen molar-refractivity contribution in [3.63, 3.8) is 0 Å². The van der Waals surface area contributed by atoms with Crippen LogP contribution in [0.2, 0.25) is 10.0 Å². The molecule has 0 unspecified atom stereocenters. The lowest BCUT2D eigenvalue weighted by atomic mass is 10.3. The molecule has 8 heteroatoms. The Morgan fingerprint density at radius 1 is 0.958 bits per heavy atom. The van der Waals surface area contributed by atoms with Crippen molar-refractivity contribution in [1.82, 2.24) is 5.32 Å². The molecule has 0 saturated heterocycles. The van der Waals surface area contributed by atoms with Gasteiger partial charge in [0, 0.05) is 22.1 Å². The van der Waals surface area contributed by atoms with Crippen molar-refractivity contribution in [3.05, 3.63) is 46.4 Å². The molecule has 24 heavy (non-hydrogen) atoms. The summed E-state index contributed by atoms with van der Waals surface area (Å²) in [5, 5.41) is 22.1. The SMILES string of the molecule is O=C(CSc1ccc(O)c(Cl)c1)NCCSc1ccc(O)c(Cl)c1. The summed E-state index contributed by atoms with van der Waals surface area (Å²) in [5.74, 6) is 0.977. The largest absolute Gasteiger partial charge is 0.506 e. The Labute approximate surface area is 158 Å². The van der Waals surface area contributed by atoms with Gasteiger partial charge >= 0.3 is 0 Å². The number of nitrogens with one attached hydrogen (secondary N) is 1. The Bertz CT molecular complexity index is 728. The molecule has 2 aromatic carbocycles. The van der Waals surface area contributed by atoms with Gasteiger partial charge in [-0.25, -0.2) is 0 Å². The zero-order chi connectivity index (χ0) is 17.5. The van der Waals surface area contributed by atoms with Crippen LogP contribution in [0.25, 0.3) is 0 Å². The molecule has 128 valence electrons. The average molecular weight is 404 g/mol. The van der Waals surface area contributed by atoms with E-state index in [1.54, 1.807) is 42.1 Å². The molecule has 0 aliphatic rings. The third-order valence-corrected chi connectivity index (χ3v) is 5.50. The second-order valence-electron chi connectivity index (χ2n) is 4.71. The van der Waals surface area contributed by atoms with E-state index in [0.717, 1.165) is 9.79 Å². The number of hydrogen-bond donors (Lipinski definition) is 3. The van der Waals surface area contributed by atoms with Gasteiger partial charge in [0.1, 0.15) is 11.5 Å². The summed E-state index contributed by atoms with van der Waals surface area (Å²) in [6, 6.07) is 9.85. The smallest absolute Gasteiger partial charge is 0.230 e. The summed E-state index contributed by atoms with van der Waals surface area (Å²) >= 11 is 14.5. The van der Waals surface area contributed by atoms with E-state index in [1.807, 2.05) is 0 Å². The highest BCUT2D eigenvalue weighted by molar-refractivity contribution is 8.00. The molecule has 0 aliphatic heterocycles. The van der Waals surface area contributed by atoms with Crippen LogP contribution in [0.3, 0.4) is 0 Å². The Morgan fingerprint density at radius 2 is 1.50 bits per heavy atom. The molecular weight excluding hydrogens is 389 g/mol. The molecule has 0 radical (unpaired) electrons. The lowest BCUT2D eigenvalue weighted by Crippen LogP contribution is -2.27. The monoisotopic (exact) mass is 403 g/mol. The third-order valence-electron chi connectivity index (χ3n) is 2.90. The van der Waals surface area contributed by atoms with Gasteiger partial charge in [0.15, 0.2) is 0 Å². The Hall–Kier alpha value is -1.21. The number of halogens is 2. The molecular formula is C16H15Cl2NO3S2. The second-order valence-corrected chi connectivity index (χ2v) is 7.75. The first-order valence-electron chi connectivity index (χ1n) is 6.95. The van der Waals surface area contributed by atoms with E-state index < -0.39 is 0 Å². The average Bonchev–Trinajstić information content (AvgIpc) is 2.56. The number of aromatic hydroxyl groups is 2. The highest BCUT2D eigenvalue weighted by atomic mass is 35.5. The Morgan fingerprint density at radius 3 is 2.04 bits per heavy atom. The van der Waals surface area contributed by atoms with Gasteiger partial charge in [0.05, 0.1) is 15.8 Å². The maximum atomic E-state index is 11.8. The minimum atomic E-state index is -0.0754. The Balaban J connectivity index is 1.67. The van der Waals surface area contributed by atoms with Crippen molar-refractivity contribution in [2.75, 3.05) is 18.1 Å². The topological polar surface area (TPSA) is 69.6 Å². The summed E-state index contributed by atoms with van der Waals surface area (Å²) in [5.41, 5.74) is 0. The number of phenolic OH excluding ortho intramolecular Hbond substituents is 2. The van der Waals surface area contributed by atoms with Gasteiger partial charge in [0.2, 0.25) is 5.91 Å². The van der Waals surface area contributed by atoms with Crippen molar-refractivity contribution in [2.45, 2.75) is 9.79 Å². The quantitative estimate of drug-likeness (QED) is 0.471. The molecule has 1 amide bonds. The Kier molecular flexibility index (Phi) is 7.42. The first-order chi connectivity index (χ1) is 11.5. The van der Waals surface area contributed by atoms with Crippen molar-refractivity contribution >= 4 is 52.6 Å². The zero-order valence-electron chi connectivity index (χ0n) is 12.5. The number of amides is 1.